The molecule has 1 N–H and O–H groups in total. The van der Waals surface area contributed by atoms with Crippen LogP contribution in [-0.2, 0) is 9.59 Å². The van der Waals surface area contributed by atoms with Gasteiger partial charge in [0.25, 0.3) is 0 Å². The monoisotopic (exact) mass is 322 g/mol. The molecule has 0 aromatic heterocycles. The molecule has 23 heavy (non-hydrogen) atoms. The topological polar surface area (TPSA) is 60.9 Å². The van der Waals surface area contributed by atoms with Gasteiger partial charge in [-0.25, -0.2) is 0 Å². The number of likely N-dealkylation sites (tertiary alicyclic amines) is 2. The number of fused-ring (bicyclic) bond motifs is 2. The first-order chi connectivity index (χ1) is 10.8. The van der Waals surface area contributed by atoms with Gasteiger partial charge in [0.2, 0.25) is 11.8 Å². The number of carbonyl (C=O) groups excluding carboxylic acids is 2. The average Bonchev–Trinajstić information content (AvgIpc) is 2.70. The summed E-state index contributed by atoms with van der Waals surface area (Å²) < 4.78 is 0. The summed E-state index contributed by atoms with van der Waals surface area (Å²) in [4.78, 5) is 29.3. The smallest absolute Gasteiger partial charge is 0.235 e. The molecular weight excluding hydrogens is 292 g/mol. The molecule has 5 heteroatoms. The molecule has 1 saturated carbocycles. The van der Waals surface area contributed by atoms with Crippen LogP contribution in [0.3, 0.4) is 0 Å². The van der Waals surface area contributed by atoms with E-state index in [4.69, 9.17) is 0 Å². The van der Waals surface area contributed by atoms with Gasteiger partial charge in [0.05, 0.1) is 18.1 Å². The third-order valence-corrected chi connectivity index (χ3v) is 6.82. The SMILES string of the molecule is CC1(C)[C@H]2CC[C@]1(C)C(=O)N(C[C@H](O)CN1CCCCC1)C2=O. The fraction of sp³-hybridized carbons (Fsp3) is 0.889. The molecule has 0 aromatic rings. The van der Waals surface area contributed by atoms with Crippen LogP contribution in [0.5, 0.6) is 0 Å². The zero-order chi connectivity index (χ0) is 16.8. The minimum absolute atomic E-state index is 0.0762. The number of aliphatic hydroxyl groups is 1. The second-order valence-corrected chi connectivity index (χ2v) is 8.41. The van der Waals surface area contributed by atoms with Gasteiger partial charge in [0, 0.05) is 12.5 Å². The summed E-state index contributed by atoms with van der Waals surface area (Å²) in [6.45, 7) is 8.80. The molecule has 0 spiro atoms. The number of aliphatic hydroxyl groups excluding tert-OH is 1. The lowest BCUT2D eigenvalue weighted by Gasteiger charge is -2.48. The van der Waals surface area contributed by atoms with Crippen molar-refractivity contribution in [2.75, 3.05) is 26.2 Å². The quantitative estimate of drug-likeness (QED) is 0.800. The highest BCUT2D eigenvalue weighted by molar-refractivity contribution is 6.03. The largest absolute Gasteiger partial charge is 0.390 e. The van der Waals surface area contributed by atoms with Crippen molar-refractivity contribution in [2.45, 2.75) is 59.0 Å². The highest BCUT2D eigenvalue weighted by Gasteiger charge is 2.64. The van der Waals surface area contributed by atoms with Gasteiger partial charge in [0.15, 0.2) is 0 Å². The van der Waals surface area contributed by atoms with Crippen molar-refractivity contribution >= 4 is 11.8 Å². The Kier molecular flexibility index (Phi) is 4.30. The highest BCUT2D eigenvalue weighted by Crippen LogP contribution is 2.59. The second-order valence-electron chi connectivity index (χ2n) is 8.41. The standard InChI is InChI=1S/C18H30N2O3/c1-17(2)14-7-8-18(17,3)16(23)20(15(14)22)12-13(21)11-19-9-5-4-6-10-19/h13-14,21H,4-12H2,1-3H3/t13-,14+,18-/m1/s1. The van der Waals surface area contributed by atoms with Gasteiger partial charge in [-0.15, -0.1) is 0 Å². The summed E-state index contributed by atoms with van der Waals surface area (Å²) in [6.07, 6.45) is 4.50. The zero-order valence-electron chi connectivity index (χ0n) is 14.7. The Hall–Kier alpha value is -0.940. The number of carbonyl (C=O) groups is 2. The van der Waals surface area contributed by atoms with Crippen LogP contribution in [0.2, 0.25) is 0 Å². The Balaban J connectivity index is 1.68. The third kappa shape index (κ3) is 2.62. The van der Waals surface area contributed by atoms with E-state index < -0.39 is 11.5 Å². The van der Waals surface area contributed by atoms with E-state index in [9.17, 15) is 14.7 Å². The molecule has 2 amide bonds. The maximum Gasteiger partial charge on any atom is 0.235 e. The third-order valence-electron chi connectivity index (χ3n) is 6.82. The molecule has 3 rings (SSSR count). The van der Waals surface area contributed by atoms with Gasteiger partial charge in [-0.3, -0.25) is 14.5 Å². The Bertz CT molecular complexity index is 498. The molecule has 0 radical (unpaired) electrons. The van der Waals surface area contributed by atoms with Crippen LogP contribution in [0.4, 0.5) is 0 Å². The minimum atomic E-state index is -0.648. The van der Waals surface area contributed by atoms with E-state index in [0.717, 1.165) is 25.9 Å². The molecule has 2 saturated heterocycles. The van der Waals surface area contributed by atoms with Crippen molar-refractivity contribution in [2.24, 2.45) is 16.7 Å². The molecule has 3 aliphatic rings. The number of nitrogens with zero attached hydrogens (tertiary/aromatic N) is 2. The van der Waals surface area contributed by atoms with Crippen molar-refractivity contribution in [1.82, 2.24) is 9.80 Å². The van der Waals surface area contributed by atoms with Crippen molar-refractivity contribution < 1.29 is 14.7 Å². The Morgan fingerprint density at radius 2 is 1.78 bits per heavy atom. The lowest BCUT2D eigenvalue weighted by Crippen LogP contribution is -2.60. The molecule has 130 valence electrons. The molecule has 3 atom stereocenters. The summed E-state index contributed by atoms with van der Waals surface area (Å²) in [5, 5.41) is 10.4. The first-order valence-corrected chi connectivity index (χ1v) is 9.03. The predicted molar refractivity (Wildman–Crippen MR) is 87.6 cm³/mol. The van der Waals surface area contributed by atoms with Crippen LogP contribution in [0.1, 0.15) is 52.9 Å². The summed E-state index contributed by atoms with van der Waals surface area (Å²) in [7, 11) is 0. The van der Waals surface area contributed by atoms with E-state index in [0.29, 0.717) is 6.54 Å². The Labute approximate surface area is 139 Å². The Morgan fingerprint density at radius 3 is 2.43 bits per heavy atom. The average molecular weight is 322 g/mol. The van der Waals surface area contributed by atoms with Crippen molar-refractivity contribution in [1.29, 1.82) is 0 Å². The first kappa shape index (κ1) is 16.9. The number of amides is 2. The van der Waals surface area contributed by atoms with E-state index in [1.165, 1.54) is 24.2 Å². The lowest BCUT2D eigenvalue weighted by molar-refractivity contribution is -0.169. The van der Waals surface area contributed by atoms with Gasteiger partial charge in [-0.1, -0.05) is 27.2 Å². The predicted octanol–water partition coefficient (Wildman–Crippen LogP) is 1.64. The molecule has 2 heterocycles. The van der Waals surface area contributed by atoms with E-state index in [-0.39, 0.29) is 29.7 Å². The second kappa shape index (κ2) is 5.85. The highest BCUT2D eigenvalue weighted by atomic mass is 16.3. The zero-order valence-corrected chi connectivity index (χ0v) is 14.7. The molecule has 3 fully saturated rings. The van der Waals surface area contributed by atoms with E-state index in [1.807, 2.05) is 20.8 Å². The van der Waals surface area contributed by atoms with Crippen molar-refractivity contribution in [3.05, 3.63) is 0 Å². The van der Waals surface area contributed by atoms with E-state index in [1.54, 1.807) is 0 Å². The van der Waals surface area contributed by atoms with E-state index >= 15 is 0 Å². The maximum absolute atomic E-state index is 12.9. The Morgan fingerprint density at radius 1 is 1.13 bits per heavy atom. The fourth-order valence-electron chi connectivity index (χ4n) is 4.78. The number of rotatable bonds is 4. The van der Waals surface area contributed by atoms with Gasteiger partial charge in [-0.05, 0) is 44.2 Å². The van der Waals surface area contributed by atoms with Crippen molar-refractivity contribution in [3.63, 3.8) is 0 Å². The van der Waals surface area contributed by atoms with Gasteiger partial charge >= 0.3 is 0 Å². The summed E-state index contributed by atoms with van der Waals surface area (Å²) in [6, 6.07) is 0. The van der Waals surface area contributed by atoms with Crippen LogP contribution in [0.25, 0.3) is 0 Å². The minimum Gasteiger partial charge on any atom is -0.390 e. The van der Waals surface area contributed by atoms with Crippen LogP contribution in [0.15, 0.2) is 0 Å². The number of hydrogen-bond donors (Lipinski definition) is 1. The molecule has 0 aromatic carbocycles. The molecule has 5 nitrogen and oxygen atoms in total. The summed E-state index contributed by atoms with van der Waals surface area (Å²) >= 11 is 0. The molecule has 1 aliphatic carbocycles. The number of β-amino-alcohol motifs (C(OH)–C–C–N with tert-alkyl or cyclic N) is 1. The first-order valence-electron chi connectivity index (χ1n) is 9.03. The van der Waals surface area contributed by atoms with Crippen molar-refractivity contribution in [3.8, 4) is 0 Å². The molecule has 2 aliphatic heterocycles. The maximum atomic E-state index is 12.9. The van der Waals surface area contributed by atoms with Crippen LogP contribution < -0.4 is 0 Å². The number of hydrogen-bond acceptors (Lipinski definition) is 4. The number of imide groups is 1. The van der Waals surface area contributed by atoms with Gasteiger partial charge < -0.3 is 10.0 Å². The molecule has 2 bridgehead atoms. The van der Waals surface area contributed by atoms with Crippen LogP contribution >= 0.6 is 0 Å². The normalized spacial score (nSPS) is 35.7. The molecular formula is C18H30N2O3. The lowest BCUT2D eigenvalue weighted by atomic mass is 9.62. The van der Waals surface area contributed by atoms with Gasteiger partial charge in [-0.2, -0.15) is 0 Å². The summed E-state index contributed by atoms with van der Waals surface area (Å²) in [5.41, 5.74) is -0.758. The number of piperidine rings is 2. The molecule has 0 unspecified atom stereocenters. The summed E-state index contributed by atoms with van der Waals surface area (Å²) in [5.74, 6) is -0.251. The fourth-order valence-corrected chi connectivity index (χ4v) is 4.78. The van der Waals surface area contributed by atoms with E-state index in [2.05, 4.69) is 4.90 Å². The van der Waals surface area contributed by atoms with Crippen LogP contribution in [0, 0.1) is 16.7 Å². The van der Waals surface area contributed by atoms with Crippen LogP contribution in [-0.4, -0.2) is 59.0 Å². The van der Waals surface area contributed by atoms with Gasteiger partial charge in [0.1, 0.15) is 0 Å².